The standard InChI is InChI=1S/C10H18N3O6PS/c1-3-18-20(16,19-4-2)7-17-13-21-6-8(5-9(14)15)12-10(21)11/h6H,3-5,7H2,1-2H3,(H2,11,12)(H,14,15). The number of nitrogens with zero attached hydrogens (tertiary/aromatic N) is 2. The molecule has 1 aliphatic heterocycles. The van der Waals surface area contributed by atoms with Crippen LogP contribution in [-0.2, 0) is 33.9 Å². The second-order valence-electron chi connectivity index (χ2n) is 3.72. The van der Waals surface area contributed by atoms with Crippen molar-refractivity contribution in [1.82, 2.24) is 0 Å². The molecule has 0 aromatic heterocycles. The largest absolute Gasteiger partial charge is 0.481 e. The summed E-state index contributed by atoms with van der Waals surface area (Å²) in [6, 6.07) is 0. The molecule has 0 aromatic rings. The number of carboxylic acid groups (broad SMARTS) is 1. The van der Waals surface area contributed by atoms with Crippen LogP contribution in [-0.4, -0.2) is 35.8 Å². The lowest BCUT2D eigenvalue weighted by atomic mass is 10.3. The molecule has 0 radical (unpaired) electrons. The number of amidine groups is 1. The third kappa shape index (κ3) is 6.06. The molecule has 0 bridgehead atoms. The van der Waals surface area contributed by atoms with E-state index in [1.54, 1.807) is 13.8 Å². The average molecular weight is 339 g/mol. The maximum absolute atomic E-state index is 12.1. The summed E-state index contributed by atoms with van der Waals surface area (Å²) in [5.74, 6) is -1.01. The van der Waals surface area contributed by atoms with Crippen molar-refractivity contribution < 1.29 is 28.4 Å². The van der Waals surface area contributed by atoms with Gasteiger partial charge < -0.3 is 19.9 Å². The summed E-state index contributed by atoms with van der Waals surface area (Å²) in [7, 11) is -4.33. The lowest BCUT2D eigenvalue weighted by Crippen LogP contribution is -2.13. The predicted molar refractivity (Wildman–Crippen MR) is 78.6 cm³/mol. The first-order valence-corrected chi connectivity index (χ1v) is 9.08. The molecule has 0 aliphatic carbocycles. The Kier molecular flexibility index (Phi) is 7.20. The van der Waals surface area contributed by atoms with Crippen molar-refractivity contribution in [3.8, 4) is 0 Å². The van der Waals surface area contributed by atoms with Gasteiger partial charge in [-0.25, -0.2) is 9.83 Å². The second-order valence-corrected chi connectivity index (χ2v) is 7.15. The van der Waals surface area contributed by atoms with Crippen LogP contribution < -0.4 is 5.73 Å². The van der Waals surface area contributed by atoms with Crippen molar-refractivity contribution in [2.75, 3.05) is 19.6 Å². The third-order valence-electron chi connectivity index (χ3n) is 2.05. The van der Waals surface area contributed by atoms with Crippen LogP contribution in [0.1, 0.15) is 20.3 Å². The highest BCUT2D eigenvalue weighted by Crippen LogP contribution is 2.47. The molecule has 0 saturated carbocycles. The van der Waals surface area contributed by atoms with Crippen LogP contribution >= 0.6 is 7.60 Å². The fourth-order valence-corrected chi connectivity index (χ4v) is 3.65. The molecule has 1 aliphatic rings. The Balaban J connectivity index is 2.64. The van der Waals surface area contributed by atoms with Crippen molar-refractivity contribution in [3.63, 3.8) is 0 Å². The molecule has 0 fully saturated rings. The summed E-state index contributed by atoms with van der Waals surface area (Å²) < 4.78 is 25.9. The lowest BCUT2D eigenvalue weighted by Gasteiger charge is -2.14. The molecule has 0 spiro atoms. The van der Waals surface area contributed by atoms with Gasteiger partial charge in [0.2, 0.25) is 0 Å². The minimum absolute atomic E-state index is 0.147. The zero-order valence-corrected chi connectivity index (χ0v) is 13.4. The van der Waals surface area contributed by atoms with Gasteiger partial charge in [-0.3, -0.25) is 9.36 Å². The summed E-state index contributed by atoms with van der Waals surface area (Å²) in [5.41, 5.74) is 5.94. The van der Waals surface area contributed by atoms with E-state index >= 15 is 0 Å². The first-order chi connectivity index (χ1) is 9.90. The Labute approximate surface area is 124 Å². The molecule has 0 saturated heterocycles. The lowest BCUT2D eigenvalue weighted by molar-refractivity contribution is -0.136. The topological polar surface area (TPSA) is 133 Å². The van der Waals surface area contributed by atoms with E-state index in [0.717, 1.165) is 0 Å². The van der Waals surface area contributed by atoms with E-state index in [1.165, 1.54) is 5.41 Å². The van der Waals surface area contributed by atoms with Gasteiger partial charge in [0, 0.05) is 16.1 Å². The highest BCUT2D eigenvalue weighted by Gasteiger charge is 2.24. The van der Waals surface area contributed by atoms with E-state index in [9.17, 15) is 9.36 Å². The average Bonchev–Trinajstić information content (AvgIpc) is 2.69. The van der Waals surface area contributed by atoms with Crippen molar-refractivity contribution in [2.45, 2.75) is 20.3 Å². The fraction of sp³-hybridized carbons (Fsp3) is 0.600. The van der Waals surface area contributed by atoms with Gasteiger partial charge in [-0.05, 0) is 13.8 Å². The van der Waals surface area contributed by atoms with Crippen LogP contribution in [0.25, 0.3) is 0 Å². The van der Waals surface area contributed by atoms with E-state index < -0.39 is 24.3 Å². The number of nitrogens with two attached hydrogens (primary N) is 1. The Bertz CT molecular complexity index is 523. The molecule has 1 unspecified atom stereocenters. The summed E-state index contributed by atoms with van der Waals surface area (Å²) in [5, 5.41) is 10.3. The summed E-state index contributed by atoms with van der Waals surface area (Å²) >= 11 is 0. The van der Waals surface area contributed by atoms with Crippen molar-refractivity contribution in [2.24, 2.45) is 15.3 Å². The molecule has 1 rings (SSSR count). The van der Waals surface area contributed by atoms with Crippen LogP contribution in [0.2, 0.25) is 0 Å². The fourth-order valence-electron chi connectivity index (χ4n) is 1.36. The van der Waals surface area contributed by atoms with E-state index in [1.807, 2.05) is 0 Å². The minimum atomic E-state index is -3.34. The number of carbonyl (C=O) groups is 1. The molecular weight excluding hydrogens is 321 g/mol. The maximum atomic E-state index is 12.1. The van der Waals surface area contributed by atoms with E-state index in [-0.39, 0.29) is 31.2 Å². The Morgan fingerprint density at radius 1 is 1.48 bits per heavy atom. The summed E-state index contributed by atoms with van der Waals surface area (Å²) in [4.78, 5) is 19.4. The quantitative estimate of drug-likeness (QED) is 0.481. The monoisotopic (exact) mass is 339 g/mol. The molecule has 11 heteroatoms. The molecular formula is C10H18N3O6PS. The van der Waals surface area contributed by atoms with Gasteiger partial charge in [-0.15, -0.1) is 0 Å². The Hall–Kier alpha value is -1.06. The van der Waals surface area contributed by atoms with Crippen LogP contribution in [0.3, 0.4) is 0 Å². The first-order valence-electron chi connectivity index (χ1n) is 6.11. The zero-order chi connectivity index (χ0) is 15.9. The van der Waals surface area contributed by atoms with E-state index in [0.29, 0.717) is 5.70 Å². The summed E-state index contributed by atoms with van der Waals surface area (Å²) in [6.07, 6.45) is -0.580. The Morgan fingerprint density at radius 2 is 2.10 bits per heavy atom. The van der Waals surface area contributed by atoms with Gasteiger partial charge in [0.1, 0.15) is 0 Å². The van der Waals surface area contributed by atoms with Crippen LogP contribution in [0.4, 0.5) is 0 Å². The summed E-state index contributed by atoms with van der Waals surface area (Å²) in [6.45, 7) is 3.82. The highest BCUT2D eigenvalue weighted by molar-refractivity contribution is 8.05. The SMILES string of the molecule is CCOP(=O)(CO/N=S1/C=C(CC(=O)O)N=C1N)OCC. The molecule has 9 nitrogen and oxygen atoms in total. The minimum Gasteiger partial charge on any atom is -0.481 e. The molecule has 1 atom stereocenters. The molecule has 120 valence electrons. The molecule has 3 N–H and O–H groups in total. The highest BCUT2D eigenvalue weighted by atomic mass is 32.2. The molecule has 21 heavy (non-hydrogen) atoms. The van der Waals surface area contributed by atoms with Crippen LogP contribution in [0.5, 0.6) is 0 Å². The number of carboxylic acids is 1. The van der Waals surface area contributed by atoms with Gasteiger partial charge in [0.25, 0.3) is 0 Å². The third-order valence-corrected chi connectivity index (χ3v) is 5.06. The number of hydrogen-bond donors (Lipinski definition) is 2. The van der Waals surface area contributed by atoms with Gasteiger partial charge in [-0.2, -0.15) is 0 Å². The van der Waals surface area contributed by atoms with Gasteiger partial charge in [0.15, 0.2) is 11.5 Å². The van der Waals surface area contributed by atoms with Crippen LogP contribution in [0, 0.1) is 0 Å². The van der Waals surface area contributed by atoms with Gasteiger partial charge >= 0.3 is 13.6 Å². The number of rotatable bonds is 9. The van der Waals surface area contributed by atoms with Crippen molar-refractivity contribution >= 4 is 29.4 Å². The smallest absolute Gasteiger partial charge is 0.358 e. The predicted octanol–water partition coefficient (Wildman–Crippen LogP) is 1.59. The van der Waals surface area contributed by atoms with E-state index in [2.05, 4.69) is 9.52 Å². The molecule has 0 amide bonds. The van der Waals surface area contributed by atoms with Gasteiger partial charge in [-0.1, -0.05) is 4.53 Å². The first kappa shape index (κ1) is 18.0. The normalized spacial score (nSPS) is 18.7. The van der Waals surface area contributed by atoms with Crippen LogP contribution in [0.15, 0.2) is 20.6 Å². The van der Waals surface area contributed by atoms with Gasteiger partial charge in [0.05, 0.1) is 25.3 Å². The van der Waals surface area contributed by atoms with Crippen molar-refractivity contribution in [1.29, 1.82) is 0 Å². The second kappa shape index (κ2) is 8.40. The number of aliphatic carboxylic acids is 1. The number of aliphatic imine (C=N–C) groups is 1. The molecule has 0 aromatic carbocycles. The van der Waals surface area contributed by atoms with E-state index in [4.69, 9.17) is 24.7 Å². The Morgan fingerprint density at radius 3 is 2.62 bits per heavy atom. The maximum Gasteiger partial charge on any atom is 0.358 e. The molecule has 1 heterocycles. The zero-order valence-electron chi connectivity index (χ0n) is 11.7. The van der Waals surface area contributed by atoms with Crippen molar-refractivity contribution in [3.05, 3.63) is 11.1 Å². The number of hydrogen-bond acceptors (Lipinski definition) is 8.